The largest absolute Gasteiger partial charge is 0.370 e. The van der Waals surface area contributed by atoms with Gasteiger partial charge in [-0.3, -0.25) is 4.79 Å². The third-order valence-electron chi connectivity index (χ3n) is 4.65. The Morgan fingerprint density at radius 2 is 1.93 bits per heavy atom. The first-order valence-corrected chi connectivity index (χ1v) is 9.85. The topological polar surface area (TPSA) is 66.9 Å². The first-order valence-electron chi connectivity index (χ1n) is 9.47. The highest BCUT2D eigenvalue weighted by molar-refractivity contribution is 6.30. The quantitative estimate of drug-likeness (QED) is 0.662. The molecule has 0 fully saturated rings. The number of benzene rings is 1. The molecule has 1 heterocycles. The summed E-state index contributed by atoms with van der Waals surface area (Å²) in [6.07, 6.45) is 10.5. The van der Waals surface area contributed by atoms with Crippen LogP contribution in [0.2, 0.25) is 5.02 Å². The minimum Gasteiger partial charge on any atom is -0.370 e. The van der Waals surface area contributed by atoms with Crippen LogP contribution in [0.25, 0.3) is 0 Å². The van der Waals surface area contributed by atoms with Crippen molar-refractivity contribution in [3.05, 3.63) is 64.6 Å². The summed E-state index contributed by atoms with van der Waals surface area (Å²) in [5.41, 5.74) is 3.02. The number of hydrogen-bond donors (Lipinski definition) is 2. The van der Waals surface area contributed by atoms with Gasteiger partial charge in [-0.15, -0.1) is 0 Å². The second kappa shape index (κ2) is 10.1. The summed E-state index contributed by atoms with van der Waals surface area (Å²) in [6, 6.07) is 9.33. The molecule has 142 valence electrons. The van der Waals surface area contributed by atoms with Crippen molar-refractivity contribution in [2.24, 2.45) is 0 Å². The number of rotatable bonds is 8. The number of carbonyl (C=O) groups excluding carboxylic acids is 1. The van der Waals surface area contributed by atoms with Crippen molar-refractivity contribution in [3.8, 4) is 0 Å². The standard InChI is InChI=1S/C21H25ClN4O/c22-18-8-6-17(7-9-18)11-13-24-21(27)19-14-20(26-15-25-19)23-12-10-16-4-2-1-3-5-16/h4,6-9,14-15H,1-3,5,10-13H2,(H,24,27)(H,23,25,26). The van der Waals surface area contributed by atoms with E-state index < -0.39 is 0 Å². The molecule has 2 aromatic rings. The zero-order valence-corrected chi connectivity index (χ0v) is 16.1. The first-order chi connectivity index (χ1) is 13.2. The van der Waals surface area contributed by atoms with Crippen LogP contribution in [0.15, 0.2) is 48.3 Å². The van der Waals surface area contributed by atoms with Gasteiger partial charge in [-0.05, 0) is 56.2 Å². The summed E-state index contributed by atoms with van der Waals surface area (Å²) in [4.78, 5) is 20.6. The fourth-order valence-electron chi connectivity index (χ4n) is 3.12. The van der Waals surface area contributed by atoms with Crippen molar-refractivity contribution < 1.29 is 4.79 Å². The Morgan fingerprint density at radius 3 is 2.70 bits per heavy atom. The third-order valence-corrected chi connectivity index (χ3v) is 4.90. The fourth-order valence-corrected chi connectivity index (χ4v) is 3.25. The minimum atomic E-state index is -0.190. The number of aromatic nitrogens is 2. The van der Waals surface area contributed by atoms with E-state index in [4.69, 9.17) is 11.6 Å². The maximum absolute atomic E-state index is 12.3. The Balaban J connectivity index is 1.44. The number of carbonyl (C=O) groups is 1. The average molecular weight is 385 g/mol. The summed E-state index contributed by atoms with van der Waals surface area (Å²) >= 11 is 5.88. The summed E-state index contributed by atoms with van der Waals surface area (Å²) in [5.74, 6) is 0.494. The maximum atomic E-state index is 12.3. The van der Waals surface area contributed by atoms with Gasteiger partial charge >= 0.3 is 0 Å². The lowest BCUT2D eigenvalue weighted by atomic mass is 9.97. The number of nitrogens with one attached hydrogen (secondary N) is 2. The van der Waals surface area contributed by atoms with Crippen molar-refractivity contribution in [1.82, 2.24) is 15.3 Å². The highest BCUT2D eigenvalue weighted by Gasteiger charge is 2.09. The molecule has 6 heteroatoms. The lowest BCUT2D eigenvalue weighted by Crippen LogP contribution is -2.26. The number of hydrogen-bond acceptors (Lipinski definition) is 4. The summed E-state index contributed by atoms with van der Waals surface area (Å²) in [5, 5.41) is 6.90. The predicted octanol–water partition coefficient (Wildman–Crippen LogP) is 4.40. The first kappa shape index (κ1) is 19.4. The van der Waals surface area contributed by atoms with E-state index in [9.17, 15) is 4.79 Å². The van der Waals surface area contributed by atoms with Crippen molar-refractivity contribution in [1.29, 1.82) is 0 Å². The number of amides is 1. The van der Waals surface area contributed by atoms with E-state index in [0.29, 0.717) is 23.1 Å². The average Bonchev–Trinajstić information content (AvgIpc) is 2.70. The van der Waals surface area contributed by atoms with E-state index in [2.05, 4.69) is 26.7 Å². The van der Waals surface area contributed by atoms with E-state index in [1.54, 1.807) is 6.07 Å². The van der Waals surface area contributed by atoms with Gasteiger partial charge in [0.1, 0.15) is 17.8 Å². The normalized spacial score (nSPS) is 13.7. The molecular weight excluding hydrogens is 360 g/mol. The van der Waals surface area contributed by atoms with Gasteiger partial charge in [-0.2, -0.15) is 0 Å². The molecule has 0 unspecified atom stereocenters. The van der Waals surface area contributed by atoms with Crippen LogP contribution < -0.4 is 10.6 Å². The SMILES string of the molecule is O=C(NCCc1ccc(Cl)cc1)c1cc(NCCC2=CCCCC2)ncn1. The van der Waals surface area contributed by atoms with Gasteiger partial charge in [0, 0.05) is 24.2 Å². The van der Waals surface area contributed by atoms with Gasteiger partial charge in [0.2, 0.25) is 0 Å². The molecule has 0 bridgehead atoms. The summed E-state index contributed by atoms with van der Waals surface area (Å²) in [7, 11) is 0. The molecule has 1 amide bonds. The molecule has 0 spiro atoms. The molecule has 1 aromatic heterocycles. The fraction of sp³-hybridized carbons (Fsp3) is 0.381. The van der Waals surface area contributed by atoms with E-state index >= 15 is 0 Å². The van der Waals surface area contributed by atoms with Crippen molar-refractivity contribution in [2.45, 2.75) is 38.5 Å². The van der Waals surface area contributed by atoms with Crippen LogP contribution in [-0.4, -0.2) is 29.0 Å². The van der Waals surface area contributed by atoms with Crippen LogP contribution in [0.1, 0.15) is 48.2 Å². The van der Waals surface area contributed by atoms with Gasteiger partial charge in [-0.25, -0.2) is 9.97 Å². The third kappa shape index (κ3) is 6.36. The second-order valence-corrected chi connectivity index (χ2v) is 7.14. The molecule has 5 nitrogen and oxygen atoms in total. The molecule has 0 saturated heterocycles. The van der Waals surface area contributed by atoms with Gasteiger partial charge in [0.15, 0.2) is 0 Å². The van der Waals surface area contributed by atoms with E-state index in [1.165, 1.54) is 37.6 Å². The lowest BCUT2D eigenvalue weighted by Gasteiger charge is -2.13. The predicted molar refractivity (Wildman–Crippen MR) is 109 cm³/mol. The molecule has 0 radical (unpaired) electrons. The van der Waals surface area contributed by atoms with Crippen LogP contribution in [0.4, 0.5) is 5.82 Å². The second-order valence-electron chi connectivity index (χ2n) is 6.71. The van der Waals surface area contributed by atoms with Crippen molar-refractivity contribution in [2.75, 3.05) is 18.4 Å². The van der Waals surface area contributed by atoms with E-state index in [-0.39, 0.29) is 5.91 Å². The van der Waals surface area contributed by atoms with Crippen LogP contribution in [0.3, 0.4) is 0 Å². The molecule has 2 N–H and O–H groups in total. The Bertz CT molecular complexity index is 789. The van der Waals surface area contributed by atoms with E-state index in [1.807, 2.05) is 24.3 Å². The number of allylic oxidation sites excluding steroid dienone is 1. The highest BCUT2D eigenvalue weighted by Crippen LogP contribution is 2.20. The molecule has 27 heavy (non-hydrogen) atoms. The number of nitrogens with zero attached hydrogens (tertiary/aromatic N) is 2. The number of halogens is 1. The van der Waals surface area contributed by atoms with Crippen LogP contribution >= 0.6 is 11.6 Å². The Labute approximate surface area is 165 Å². The Morgan fingerprint density at radius 1 is 1.07 bits per heavy atom. The Kier molecular flexibility index (Phi) is 7.22. The maximum Gasteiger partial charge on any atom is 0.270 e. The molecular formula is C21H25ClN4O. The van der Waals surface area contributed by atoms with E-state index in [0.717, 1.165) is 24.9 Å². The van der Waals surface area contributed by atoms with Crippen LogP contribution in [-0.2, 0) is 6.42 Å². The summed E-state index contributed by atoms with van der Waals surface area (Å²) < 4.78 is 0. The molecule has 3 rings (SSSR count). The van der Waals surface area contributed by atoms with Crippen LogP contribution in [0, 0.1) is 0 Å². The lowest BCUT2D eigenvalue weighted by molar-refractivity contribution is 0.0949. The number of anilines is 1. The van der Waals surface area contributed by atoms with Gasteiger partial charge in [-0.1, -0.05) is 35.4 Å². The molecule has 0 aliphatic heterocycles. The monoisotopic (exact) mass is 384 g/mol. The van der Waals surface area contributed by atoms with Crippen LogP contribution in [0.5, 0.6) is 0 Å². The Hall–Kier alpha value is -2.40. The van der Waals surface area contributed by atoms with Crippen molar-refractivity contribution in [3.63, 3.8) is 0 Å². The smallest absolute Gasteiger partial charge is 0.270 e. The molecule has 0 atom stereocenters. The summed E-state index contributed by atoms with van der Waals surface area (Å²) in [6.45, 7) is 1.36. The van der Waals surface area contributed by atoms with Gasteiger partial charge in [0.25, 0.3) is 5.91 Å². The molecule has 1 aromatic carbocycles. The van der Waals surface area contributed by atoms with Gasteiger partial charge < -0.3 is 10.6 Å². The zero-order chi connectivity index (χ0) is 18.9. The van der Waals surface area contributed by atoms with Gasteiger partial charge in [0.05, 0.1) is 0 Å². The van der Waals surface area contributed by atoms with Crippen molar-refractivity contribution >= 4 is 23.3 Å². The molecule has 1 aliphatic rings. The molecule has 1 aliphatic carbocycles. The zero-order valence-electron chi connectivity index (χ0n) is 15.4. The minimum absolute atomic E-state index is 0.190. The highest BCUT2D eigenvalue weighted by atomic mass is 35.5. The molecule has 0 saturated carbocycles.